The summed E-state index contributed by atoms with van der Waals surface area (Å²) in [5, 5.41) is 13.4. The van der Waals surface area contributed by atoms with Crippen molar-refractivity contribution in [1.82, 2.24) is 5.32 Å². The van der Waals surface area contributed by atoms with Crippen molar-refractivity contribution < 1.29 is 18.8 Å². The number of rotatable bonds is 6. The van der Waals surface area contributed by atoms with Crippen LogP contribution in [0.5, 0.6) is 0 Å². The number of nitro benzene ring substituents is 1. The first-order valence-corrected chi connectivity index (χ1v) is 6.31. The number of hydrogen-bond acceptors (Lipinski definition) is 5. The van der Waals surface area contributed by atoms with E-state index in [0.717, 1.165) is 12.1 Å². The molecule has 116 valence electrons. The van der Waals surface area contributed by atoms with E-state index in [-0.39, 0.29) is 18.6 Å². The summed E-state index contributed by atoms with van der Waals surface area (Å²) in [6.45, 7) is 3.95. The van der Waals surface area contributed by atoms with Gasteiger partial charge in [0, 0.05) is 13.2 Å². The van der Waals surface area contributed by atoms with E-state index in [1.165, 1.54) is 7.11 Å². The Labute approximate surface area is 121 Å². The molecular weight excluding hydrogens is 281 g/mol. The number of nitrogens with one attached hydrogen (secondary N) is 1. The van der Waals surface area contributed by atoms with Crippen LogP contribution in [-0.4, -0.2) is 30.6 Å². The maximum Gasteiger partial charge on any atom is 0.293 e. The van der Waals surface area contributed by atoms with Gasteiger partial charge in [0.1, 0.15) is 17.1 Å². The smallest absolute Gasteiger partial charge is 0.293 e. The van der Waals surface area contributed by atoms with Gasteiger partial charge in [-0.1, -0.05) is 13.8 Å². The van der Waals surface area contributed by atoms with Gasteiger partial charge in [0.25, 0.3) is 11.6 Å². The molecule has 0 radical (unpaired) electrons. The summed E-state index contributed by atoms with van der Waals surface area (Å²) in [6.07, 6.45) is 0. The Balaban J connectivity index is 3.12. The minimum atomic E-state index is -0.907. The number of methoxy groups -OCH3 is 1. The van der Waals surface area contributed by atoms with Crippen molar-refractivity contribution in [2.24, 2.45) is 5.92 Å². The van der Waals surface area contributed by atoms with E-state index < -0.39 is 33.6 Å². The summed E-state index contributed by atoms with van der Waals surface area (Å²) in [5.41, 5.74) is 4.02. The first kappa shape index (κ1) is 16.8. The van der Waals surface area contributed by atoms with Crippen LogP contribution in [0.3, 0.4) is 0 Å². The van der Waals surface area contributed by atoms with Gasteiger partial charge >= 0.3 is 0 Å². The van der Waals surface area contributed by atoms with Crippen molar-refractivity contribution in [2.45, 2.75) is 19.9 Å². The number of benzene rings is 1. The molecule has 0 bridgehead atoms. The molecule has 8 heteroatoms. The van der Waals surface area contributed by atoms with Crippen LogP contribution >= 0.6 is 0 Å². The zero-order valence-electron chi connectivity index (χ0n) is 12.1. The van der Waals surface area contributed by atoms with Crippen molar-refractivity contribution >= 4 is 17.3 Å². The Bertz CT molecular complexity index is 548. The van der Waals surface area contributed by atoms with Crippen LogP contribution in [-0.2, 0) is 4.74 Å². The highest BCUT2D eigenvalue weighted by molar-refractivity contribution is 6.01. The maximum absolute atomic E-state index is 13.8. The summed E-state index contributed by atoms with van der Waals surface area (Å²) in [5.74, 6) is -1.67. The molecule has 0 aliphatic heterocycles. The second-order valence-corrected chi connectivity index (χ2v) is 4.89. The van der Waals surface area contributed by atoms with Crippen molar-refractivity contribution in [3.05, 3.63) is 33.6 Å². The Morgan fingerprint density at radius 1 is 1.52 bits per heavy atom. The molecule has 3 N–H and O–H groups in total. The van der Waals surface area contributed by atoms with Crippen molar-refractivity contribution in [3.63, 3.8) is 0 Å². The van der Waals surface area contributed by atoms with Gasteiger partial charge in [-0.05, 0) is 12.0 Å². The molecule has 21 heavy (non-hydrogen) atoms. The van der Waals surface area contributed by atoms with Gasteiger partial charge in [-0.15, -0.1) is 0 Å². The number of carbonyl (C=O) groups excluding carboxylic acids is 1. The molecule has 0 fully saturated rings. The lowest BCUT2D eigenvalue weighted by atomic mass is 10.0. The van der Waals surface area contributed by atoms with Crippen molar-refractivity contribution in [2.75, 3.05) is 19.5 Å². The number of hydrogen-bond donors (Lipinski definition) is 2. The lowest BCUT2D eigenvalue weighted by Gasteiger charge is -2.22. The van der Waals surface area contributed by atoms with E-state index in [4.69, 9.17) is 10.5 Å². The third kappa shape index (κ3) is 3.88. The number of ether oxygens (including phenoxy) is 1. The monoisotopic (exact) mass is 299 g/mol. The number of nitro groups is 1. The quantitative estimate of drug-likeness (QED) is 0.472. The van der Waals surface area contributed by atoms with Crippen LogP contribution in [0.1, 0.15) is 24.2 Å². The largest absolute Gasteiger partial charge is 0.392 e. The molecular formula is C13H18FN3O4. The molecule has 1 rings (SSSR count). The molecule has 0 spiro atoms. The van der Waals surface area contributed by atoms with Gasteiger partial charge < -0.3 is 15.8 Å². The predicted molar refractivity (Wildman–Crippen MR) is 75.4 cm³/mol. The van der Waals surface area contributed by atoms with E-state index in [2.05, 4.69) is 5.32 Å². The highest BCUT2D eigenvalue weighted by atomic mass is 19.1. The summed E-state index contributed by atoms with van der Waals surface area (Å²) < 4.78 is 18.8. The molecule has 1 aromatic rings. The fraction of sp³-hybridized carbons (Fsp3) is 0.462. The van der Waals surface area contributed by atoms with Gasteiger partial charge in [-0.25, -0.2) is 4.39 Å². The van der Waals surface area contributed by atoms with Gasteiger partial charge in [-0.2, -0.15) is 0 Å². The molecule has 0 aliphatic rings. The van der Waals surface area contributed by atoms with Crippen LogP contribution in [0.2, 0.25) is 0 Å². The van der Waals surface area contributed by atoms with Crippen molar-refractivity contribution in [3.8, 4) is 0 Å². The van der Waals surface area contributed by atoms with Gasteiger partial charge in [0.2, 0.25) is 0 Å². The van der Waals surface area contributed by atoms with E-state index in [1.807, 2.05) is 13.8 Å². The fourth-order valence-electron chi connectivity index (χ4n) is 1.79. The zero-order chi connectivity index (χ0) is 16.2. The highest BCUT2D eigenvalue weighted by Crippen LogP contribution is 2.27. The fourth-order valence-corrected chi connectivity index (χ4v) is 1.79. The average molecular weight is 299 g/mol. The standard InChI is InChI=1S/C13H18FN3O4/c1-7(2)9(6-21-3)16-13(18)11-8(14)4-5-10(12(11)15)17(19)20/h4-5,7,9H,6,15H2,1-3H3,(H,16,18). The van der Waals surface area contributed by atoms with E-state index >= 15 is 0 Å². The first-order chi connectivity index (χ1) is 9.79. The number of amides is 1. The summed E-state index contributed by atoms with van der Waals surface area (Å²) in [7, 11) is 1.48. The van der Waals surface area contributed by atoms with Gasteiger partial charge in [0.05, 0.1) is 17.6 Å². The third-order valence-corrected chi connectivity index (χ3v) is 3.06. The number of nitrogens with zero attached hydrogens (tertiary/aromatic N) is 1. The number of nitrogen functional groups attached to an aromatic ring is 1. The SMILES string of the molecule is COCC(NC(=O)c1c(F)ccc([N+](=O)[O-])c1N)C(C)C. The first-order valence-electron chi connectivity index (χ1n) is 6.31. The highest BCUT2D eigenvalue weighted by Gasteiger charge is 2.26. The Morgan fingerprint density at radius 2 is 2.14 bits per heavy atom. The molecule has 0 aliphatic carbocycles. The summed E-state index contributed by atoms with van der Waals surface area (Å²) in [6, 6.07) is 1.42. The minimum absolute atomic E-state index is 0.0388. The van der Waals surface area contributed by atoms with E-state index in [0.29, 0.717) is 0 Å². The Morgan fingerprint density at radius 3 is 2.62 bits per heavy atom. The number of carbonyl (C=O) groups is 1. The van der Waals surface area contributed by atoms with E-state index in [1.54, 1.807) is 0 Å². The summed E-state index contributed by atoms with van der Waals surface area (Å²) >= 11 is 0. The van der Waals surface area contributed by atoms with Crippen LogP contribution in [0.4, 0.5) is 15.8 Å². The Kier molecular flexibility index (Phi) is 5.60. The molecule has 0 saturated heterocycles. The second kappa shape index (κ2) is 6.98. The molecule has 1 amide bonds. The molecule has 0 aromatic heterocycles. The predicted octanol–water partition coefficient (Wildman–Crippen LogP) is 1.72. The number of anilines is 1. The Hall–Kier alpha value is -2.22. The minimum Gasteiger partial charge on any atom is -0.392 e. The van der Waals surface area contributed by atoms with Crippen LogP contribution < -0.4 is 11.1 Å². The number of nitrogens with two attached hydrogens (primary N) is 1. The molecule has 0 saturated carbocycles. The molecule has 1 aromatic carbocycles. The lowest BCUT2D eigenvalue weighted by Crippen LogP contribution is -2.42. The van der Waals surface area contributed by atoms with Crippen LogP contribution in [0, 0.1) is 21.8 Å². The third-order valence-electron chi connectivity index (χ3n) is 3.06. The second-order valence-electron chi connectivity index (χ2n) is 4.89. The zero-order valence-corrected chi connectivity index (χ0v) is 12.1. The van der Waals surface area contributed by atoms with E-state index in [9.17, 15) is 19.3 Å². The van der Waals surface area contributed by atoms with Gasteiger partial charge in [0.15, 0.2) is 0 Å². The van der Waals surface area contributed by atoms with Crippen molar-refractivity contribution in [1.29, 1.82) is 0 Å². The lowest BCUT2D eigenvalue weighted by molar-refractivity contribution is -0.384. The average Bonchev–Trinajstić information content (AvgIpc) is 2.37. The maximum atomic E-state index is 13.8. The molecule has 1 atom stereocenters. The molecule has 1 unspecified atom stereocenters. The van der Waals surface area contributed by atoms with Crippen LogP contribution in [0.25, 0.3) is 0 Å². The van der Waals surface area contributed by atoms with Gasteiger partial charge in [-0.3, -0.25) is 14.9 Å². The normalized spacial score (nSPS) is 12.2. The molecule has 0 heterocycles. The van der Waals surface area contributed by atoms with Crippen LogP contribution in [0.15, 0.2) is 12.1 Å². The molecule has 7 nitrogen and oxygen atoms in total. The topological polar surface area (TPSA) is 107 Å². The summed E-state index contributed by atoms with van der Waals surface area (Å²) in [4.78, 5) is 22.2. The number of halogens is 1.